The Morgan fingerprint density at radius 1 is 1.31 bits per heavy atom. The van der Waals surface area contributed by atoms with Gasteiger partial charge in [0, 0.05) is 34.2 Å². The van der Waals surface area contributed by atoms with Crippen molar-refractivity contribution in [2.24, 2.45) is 5.92 Å². The molecule has 1 aromatic carbocycles. The van der Waals surface area contributed by atoms with Crippen molar-refractivity contribution in [2.75, 3.05) is 6.61 Å². The van der Waals surface area contributed by atoms with Gasteiger partial charge in [0.15, 0.2) is 0 Å². The van der Waals surface area contributed by atoms with Crippen molar-refractivity contribution in [1.29, 1.82) is 0 Å². The van der Waals surface area contributed by atoms with Crippen LogP contribution in [0.1, 0.15) is 36.9 Å². The van der Waals surface area contributed by atoms with Crippen LogP contribution in [-0.2, 0) is 16.8 Å². The standard InChI is InChI=1S/C21H21ClN2O2/c22-14-4-7-19-17(11-14)21(8-10-26-19)12-18(21)20(25)24(16-5-6-16)13-15-3-1-2-9-23-15/h1-4,7,9,11,16,18H,5-6,8,10,12-13H2/t18-,21-/m0/s1. The largest absolute Gasteiger partial charge is 0.493 e. The maximum atomic E-state index is 13.4. The summed E-state index contributed by atoms with van der Waals surface area (Å²) in [6.45, 7) is 1.28. The number of rotatable bonds is 4. The van der Waals surface area contributed by atoms with Crippen molar-refractivity contribution in [1.82, 2.24) is 9.88 Å². The summed E-state index contributed by atoms with van der Waals surface area (Å²) in [6.07, 6.45) is 5.78. The number of nitrogens with zero attached hydrogens (tertiary/aromatic N) is 2. The highest BCUT2D eigenvalue weighted by Crippen LogP contribution is 2.62. The van der Waals surface area contributed by atoms with E-state index in [9.17, 15) is 4.79 Å². The van der Waals surface area contributed by atoms with Gasteiger partial charge >= 0.3 is 0 Å². The van der Waals surface area contributed by atoms with Crippen molar-refractivity contribution >= 4 is 17.5 Å². The first-order chi connectivity index (χ1) is 12.7. The highest BCUT2D eigenvalue weighted by atomic mass is 35.5. The van der Waals surface area contributed by atoms with E-state index in [4.69, 9.17) is 16.3 Å². The maximum Gasteiger partial charge on any atom is 0.227 e. The minimum atomic E-state index is -0.0905. The number of amides is 1. The van der Waals surface area contributed by atoms with Crippen molar-refractivity contribution in [2.45, 2.75) is 43.7 Å². The summed E-state index contributed by atoms with van der Waals surface area (Å²) in [5, 5.41) is 0.708. The summed E-state index contributed by atoms with van der Waals surface area (Å²) >= 11 is 6.23. The number of fused-ring (bicyclic) bond motifs is 2. The molecule has 5 rings (SSSR count). The predicted octanol–water partition coefficient (Wildman–Crippen LogP) is 3.97. The minimum Gasteiger partial charge on any atom is -0.493 e. The van der Waals surface area contributed by atoms with E-state index >= 15 is 0 Å². The molecule has 2 aromatic rings. The first-order valence-corrected chi connectivity index (χ1v) is 9.68. The van der Waals surface area contributed by atoms with Gasteiger partial charge in [-0.1, -0.05) is 17.7 Å². The van der Waals surface area contributed by atoms with Gasteiger partial charge in [-0.05, 0) is 56.0 Å². The SMILES string of the molecule is O=C([C@@H]1C[C@]12CCOc1ccc(Cl)cc12)N(Cc1ccccn1)C1CC1. The average molecular weight is 369 g/mol. The molecule has 0 radical (unpaired) electrons. The third-order valence-electron chi connectivity index (χ3n) is 5.99. The van der Waals surface area contributed by atoms with Crippen LogP contribution >= 0.6 is 11.6 Å². The van der Waals surface area contributed by atoms with Crippen LogP contribution in [0.2, 0.25) is 5.02 Å². The Hall–Kier alpha value is -2.07. The summed E-state index contributed by atoms with van der Waals surface area (Å²) in [5.41, 5.74) is 1.98. The first-order valence-electron chi connectivity index (χ1n) is 9.31. The van der Waals surface area contributed by atoms with Gasteiger partial charge in [0.2, 0.25) is 5.91 Å². The van der Waals surface area contributed by atoms with Crippen LogP contribution in [-0.4, -0.2) is 28.4 Å². The van der Waals surface area contributed by atoms with E-state index < -0.39 is 0 Å². The predicted molar refractivity (Wildman–Crippen MR) is 99.2 cm³/mol. The molecule has 0 N–H and O–H groups in total. The fourth-order valence-corrected chi connectivity index (χ4v) is 4.51. The van der Waals surface area contributed by atoms with Crippen LogP contribution in [0.4, 0.5) is 0 Å². The van der Waals surface area contributed by atoms with E-state index in [2.05, 4.69) is 9.88 Å². The molecule has 2 aliphatic carbocycles. The number of hydrogen-bond acceptors (Lipinski definition) is 3. The Bertz CT molecular complexity index is 852. The van der Waals surface area contributed by atoms with Gasteiger partial charge in [0.1, 0.15) is 5.75 Å². The van der Waals surface area contributed by atoms with E-state index in [0.29, 0.717) is 24.2 Å². The van der Waals surface area contributed by atoms with Crippen LogP contribution < -0.4 is 4.74 Å². The second-order valence-electron chi connectivity index (χ2n) is 7.67. The molecule has 2 heterocycles. The van der Waals surface area contributed by atoms with Gasteiger partial charge in [-0.2, -0.15) is 0 Å². The van der Waals surface area contributed by atoms with Crippen molar-refractivity contribution in [3.8, 4) is 5.75 Å². The lowest BCUT2D eigenvalue weighted by Gasteiger charge is -2.29. The second-order valence-corrected chi connectivity index (χ2v) is 8.11. The Labute approximate surface area is 158 Å². The molecule has 5 heteroatoms. The number of pyridine rings is 1. The summed E-state index contributed by atoms with van der Waals surface area (Å²) in [4.78, 5) is 19.9. The fourth-order valence-electron chi connectivity index (χ4n) is 4.34. The number of hydrogen-bond donors (Lipinski definition) is 0. The molecule has 2 atom stereocenters. The van der Waals surface area contributed by atoms with Crippen LogP contribution in [0.5, 0.6) is 5.75 Å². The molecular weight excluding hydrogens is 348 g/mol. The van der Waals surface area contributed by atoms with E-state index in [1.54, 1.807) is 6.20 Å². The monoisotopic (exact) mass is 368 g/mol. The molecule has 1 spiro atoms. The zero-order valence-electron chi connectivity index (χ0n) is 14.5. The second kappa shape index (κ2) is 5.98. The normalized spacial score (nSPS) is 26.1. The van der Waals surface area contributed by atoms with Crippen LogP contribution in [0.25, 0.3) is 0 Å². The first kappa shape index (κ1) is 16.1. The molecule has 0 bridgehead atoms. The van der Waals surface area contributed by atoms with Gasteiger partial charge in [-0.15, -0.1) is 0 Å². The summed E-state index contributed by atoms with van der Waals surface area (Å²) in [6, 6.07) is 12.0. The van der Waals surface area contributed by atoms with E-state index in [1.807, 2.05) is 36.4 Å². The van der Waals surface area contributed by atoms with Crippen molar-refractivity contribution in [3.05, 3.63) is 58.9 Å². The van der Waals surface area contributed by atoms with Crippen molar-refractivity contribution < 1.29 is 9.53 Å². The summed E-state index contributed by atoms with van der Waals surface area (Å²) < 4.78 is 5.80. The molecule has 2 saturated carbocycles. The summed E-state index contributed by atoms with van der Waals surface area (Å²) in [7, 11) is 0. The third-order valence-corrected chi connectivity index (χ3v) is 6.22. The molecule has 0 unspecified atom stereocenters. The van der Waals surface area contributed by atoms with Crippen molar-refractivity contribution in [3.63, 3.8) is 0 Å². The molecule has 1 aliphatic heterocycles. The van der Waals surface area contributed by atoms with Crippen LogP contribution in [0, 0.1) is 5.92 Å². The molecule has 1 amide bonds. The maximum absolute atomic E-state index is 13.4. The average Bonchev–Trinajstić information content (AvgIpc) is 3.57. The Balaban J connectivity index is 1.41. The molecule has 4 nitrogen and oxygen atoms in total. The Kier molecular flexibility index (Phi) is 3.71. The van der Waals surface area contributed by atoms with E-state index in [1.165, 1.54) is 0 Å². The Morgan fingerprint density at radius 2 is 2.19 bits per heavy atom. The fraction of sp³-hybridized carbons (Fsp3) is 0.429. The van der Waals surface area contributed by atoms with Gasteiger partial charge in [-0.3, -0.25) is 9.78 Å². The molecule has 134 valence electrons. The minimum absolute atomic E-state index is 0.0351. The topological polar surface area (TPSA) is 42.4 Å². The van der Waals surface area contributed by atoms with E-state index in [0.717, 1.165) is 42.7 Å². The lowest BCUT2D eigenvalue weighted by atomic mass is 9.87. The number of carbonyl (C=O) groups excluding carboxylic acids is 1. The molecule has 1 aromatic heterocycles. The van der Waals surface area contributed by atoms with Gasteiger partial charge in [0.25, 0.3) is 0 Å². The third kappa shape index (κ3) is 2.67. The zero-order chi connectivity index (χ0) is 17.7. The molecule has 2 fully saturated rings. The van der Waals surface area contributed by atoms with Crippen LogP contribution in [0.3, 0.4) is 0 Å². The van der Waals surface area contributed by atoms with Crippen LogP contribution in [0.15, 0.2) is 42.6 Å². The van der Waals surface area contributed by atoms with Gasteiger partial charge in [-0.25, -0.2) is 0 Å². The number of ether oxygens (including phenoxy) is 1. The van der Waals surface area contributed by atoms with Gasteiger partial charge < -0.3 is 9.64 Å². The number of benzene rings is 1. The molecule has 26 heavy (non-hydrogen) atoms. The van der Waals surface area contributed by atoms with Gasteiger partial charge in [0.05, 0.1) is 18.8 Å². The molecule has 3 aliphatic rings. The quantitative estimate of drug-likeness (QED) is 0.820. The smallest absolute Gasteiger partial charge is 0.227 e. The lowest BCUT2D eigenvalue weighted by Crippen LogP contribution is -2.37. The number of carbonyl (C=O) groups is 1. The Morgan fingerprint density at radius 3 is 2.96 bits per heavy atom. The van der Waals surface area contributed by atoms with E-state index in [-0.39, 0.29) is 17.2 Å². The molecule has 0 saturated heterocycles. The summed E-state index contributed by atoms with van der Waals surface area (Å²) in [5.74, 6) is 1.19. The highest BCUT2D eigenvalue weighted by molar-refractivity contribution is 6.30. The highest BCUT2D eigenvalue weighted by Gasteiger charge is 2.62. The lowest BCUT2D eigenvalue weighted by molar-refractivity contribution is -0.134. The zero-order valence-corrected chi connectivity index (χ0v) is 15.3. The molecular formula is C21H21ClN2O2. The number of aromatic nitrogens is 1. The number of halogens is 1.